The minimum Gasteiger partial charge on any atom is -0.493 e. The topological polar surface area (TPSA) is 87.7 Å². The van der Waals surface area contributed by atoms with Crippen molar-refractivity contribution in [2.75, 3.05) is 13.2 Å². The Morgan fingerprint density at radius 1 is 1.09 bits per heavy atom. The highest BCUT2D eigenvalue weighted by Crippen LogP contribution is 2.33. The van der Waals surface area contributed by atoms with E-state index in [0.29, 0.717) is 18.6 Å². The van der Waals surface area contributed by atoms with E-state index in [0.717, 1.165) is 27.0 Å². The van der Waals surface area contributed by atoms with Gasteiger partial charge in [0.2, 0.25) is 5.91 Å². The van der Waals surface area contributed by atoms with Gasteiger partial charge in [-0.05, 0) is 35.4 Å². The largest absolute Gasteiger partial charge is 0.493 e. The van der Waals surface area contributed by atoms with E-state index >= 15 is 0 Å². The minimum atomic E-state index is -1.23. The highest BCUT2D eigenvalue weighted by atomic mass is 16.5. The fourth-order valence-corrected chi connectivity index (χ4v) is 4.41. The van der Waals surface area contributed by atoms with Gasteiger partial charge in [-0.2, -0.15) is 0 Å². The van der Waals surface area contributed by atoms with Crippen molar-refractivity contribution in [2.24, 2.45) is 0 Å². The number of ether oxygens (including phenoxy) is 1. The lowest BCUT2D eigenvalue weighted by molar-refractivity contribution is -0.135. The fraction of sp³-hybridized carbons (Fsp3) is 0.240. The number of nitrogens with one attached hydrogen (secondary N) is 2. The summed E-state index contributed by atoms with van der Waals surface area (Å²) in [5.74, 6) is -0.0961. The second-order valence-corrected chi connectivity index (χ2v) is 8.30. The van der Waals surface area contributed by atoms with Gasteiger partial charge in [0.1, 0.15) is 17.8 Å². The molecule has 32 heavy (non-hydrogen) atoms. The average molecular weight is 429 g/mol. The molecule has 0 radical (unpaired) electrons. The average Bonchev–Trinajstić information content (AvgIpc) is 3.03. The molecular weight excluding hydrogens is 406 g/mol. The molecule has 0 spiro atoms. The van der Waals surface area contributed by atoms with Crippen LogP contribution in [0.3, 0.4) is 0 Å². The van der Waals surface area contributed by atoms with E-state index in [1.807, 2.05) is 66.7 Å². The number of para-hydroxylation sites is 1. The third-order valence-corrected chi connectivity index (χ3v) is 6.20. The summed E-state index contributed by atoms with van der Waals surface area (Å²) in [5.41, 5.74) is 0.341. The van der Waals surface area contributed by atoms with Crippen LogP contribution in [0.2, 0.25) is 0 Å². The Kier molecular flexibility index (Phi) is 4.81. The molecule has 1 fully saturated rings. The standard InChI is InChI=1S/C25H23N3O4/c1-25(18-11-10-16-6-2-3-7-17(16)14-18)23(30)28(24(31)27-25)15-22(29)26-20-12-13-32-21-9-5-4-8-19(20)21/h2-11,14,20H,12-13,15H2,1H3,(H,26,29)(H,27,31). The summed E-state index contributed by atoms with van der Waals surface area (Å²) in [5, 5.41) is 7.74. The van der Waals surface area contributed by atoms with Crippen molar-refractivity contribution >= 4 is 28.6 Å². The van der Waals surface area contributed by atoms with Crippen LogP contribution >= 0.6 is 0 Å². The number of hydrogen-bond donors (Lipinski definition) is 2. The Morgan fingerprint density at radius 2 is 1.84 bits per heavy atom. The van der Waals surface area contributed by atoms with Gasteiger partial charge >= 0.3 is 6.03 Å². The maximum absolute atomic E-state index is 13.2. The predicted molar refractivity (Wildman–Crippen MR) is 119 cm³/mol. The van der Waals surface area contributed by atoms with Gasteiger partial charge in [-0.15, -0.1) is 0 Å². The van der Waals surface area contributed by atoms with Crippen LogP contribution < -0.4 is 15.4 Å². The smallest absolute Gasteiger partial charge is 0.325 e. The second kappa shape index (κ2) is 7.67. The molecule has 7 heteroatoms. The van der Waals surface area contributed by atoms with Gasteiger partial charge in [0.15, 0.2) is 0 Å². The Morgan fingerprint density at radius 3 is 2.69 bits per heavy atom. The van der Waals surface area contributed by atoms with Crippen LogP contribution in [-0.2, 0) is 15.1 Å². The first kappa shape index (κ1) is 20.1. The Labute approximate surface area is 185 Å². The van der Waals surface area contributed by atoms with Crippen molar-refractivity contribution < 1.29 is 19.1 Å². The molecule has 0 bridgehead atoms. The third kappa shape index (κ3) is 3.36. The van der Waals surface area contributed by atoms with E-state index in [1.165, 1.54) is 0 Å². The number of carbonyl (C=O) groups is 3. The van der Waals surface area contributed by atoms with Crippen LogP contribution in [0.4, 0.5) is 4.79 Å². The van der Waals surface area contributed by atoms with E-state index in [1.54, 1.807) is 6.92 Å². The molecule has 2 aliphatic heterocycles. The van der Waals surface area contributed by atoms with Crippen molar-refractivity contribution in [3.8, 4) is 5.75 Å². The monoisotopic (exact) mass is 429 g/mol. The molecule has 2 unspecified atom stereocenters. The number of urea groups is 1. The number of carbonyl (C=O) groups excluding carboxylic acids is 3. The summed E-state index contributed by atoms with van der Waals surface area (Å²) in [4.78, 5) is 39.6. The van der Waals surface area contributed by atoms with E-state index < -0.39 is 23.4 Å². The molecule has 3 aromatic rings. The molecule has 2 aliphatic rings. The molecule has 0 saturated carbocycles. The van der Waals surface area contributed by atoms with Crippen molar-refractivity contribution in [2.45, 2.75) is 24.9 Å². The lowest BCUT2D eigenvalue weighted by Gasteiger charge is -2.27. The molecule has 2 atom stereocenters. The van der Waals surface area contributed by atoms with Gasteiger partial charge in [0.25, 0.3) is 5.91 Å². The molecule has 4 amide bonds. The zero-order valence-corrected chi connectivity index (χ0v) is 17.6. The SMILES string of the molecule is CC1(c2ccc3ccccc3c2)NC(=O)N(CC(=O)NC2CCOc3ccccc32)C1=O. The first-order chi connectivity index (χ1) is 15.5. The summed E-state index contributed by atoms with van der Waals surface area (Å²) in [6.45, 7) is 1.82. The number of amides is 4. The van der Waals surface area contributed by atoms with Crippen molar-refractivity contribution in [1.82, 2.24) is 15.5 Å². The van der Waals surface area contributed by atoms with E-state index in [4.69, 9.17) is 4.74 Å². The number of hydrogen-bond acceptors (Lipinski definition) is 4. The zero-order valence-electron chi connectivity index (χ0n) is 17.6. The van der Waals surface area contributed by atoms with Gasteiger partial charge in [-0.25, -0.2) is 4.79 Å². The summed E-state index contributed by atoms with van der Waals surface area (Å²) in [6.07, 6.45) is 0.623. The first-order valence-corrected chi connectivity index (χ1v) is 10.6. The predicted octanol–water partition coefficient (Wildman–Crippen LogP) is 3.25. The Hall–Kier alpha value is -3.87. The van der Waals surface area contributed by atoms with Crippen LogP contribution in [0, 0.1) is 0 Å². The Balaban J connectivity index is 1.33. The lowest BCUT2D eigenvalue weighted by Crippen LogP contribution is -2.44. The molecule has 5 rings (SSSR count). The number of fused-ring (bicyclic) bond motifs is 2. The van der Waals surface area contributed by atoms with Crippen molar-refractivity contribution in [1.29, 1.82) is 0 Å². The van der Waals surface area contributed by atoms with E-state index in [-0.39, 0.29) is 12.6 Å². The Bertz CT molecular complexity index is 1240. The molecule has 1 saturated heterocycles. The third-order valence-electron chi connectivity index (χ3n) is 6.20. The van der Waals surface area contributed by atoms with Crippen LogP contribution in [0.5, 0.6) is 5.75 Å². The summed E-state index contributed by atoms with van der Waals surface area (Å²) in [6, 6.07) is 20.2. The molecule has 0 aliphatic carbocycles. The molecular formula is C25H23N3O4. The van der Waals surface area contributed by atoms with Gasteiger partial charge in [-0.1, -0.05) is 54.6 Å². The molecule has 3 aromatic carbocycles. The fourth-order valence-electron chi connectivity index (χ4n) is 4.41. The first-order valence-electron chi connectivity index (χ1n) is 10.6. The normalized spacial score (nSPS) is 22.3. The molecule has 2 N–H and O–H groups in total. The van der Waals surface area contributed by atoms with Gasteiger partial charge < -0.3 is 15.4 Å². The highest BCUT2D eigenvalue weighted by Gasteiger charge is 2.49. The second-order valence-electron chi connectivity index (χ2n) is 8.30. The summed E-state index contributed by atoms with van der Waals surface area (Å²) >= 11 is 0. The van der Waals surface area contributed by atoms with Crippen LogP contribution in [0.1, 0.15) is 30.5 Å². The maximum Gasteiger partial charge on any atom is 0.325 e. The van der Waals surface area contributed by atoms with Crippen LogP contribution in [0.15, 0.2) is 66.7 Å². The molecule has 7 nitrogen and oxygen atoms in total. The molecule has 2 heterocycles. The number of nitrogens with zero attached hydrogens (tertiary/aromatic N) is 1. The number of rotatable bonds is 4. The lowest BCUT2D eigenvalue weighted by atomic mass is 9.90. The van der Waals surface area contributed by atoms with Crippen LogP contribution in [-0.4, -0.2) is 35.9 Å². The van der Waals surface area contributed by atoms with E-state index in [2.05, 4.69) is 10.6 Å². The summed E-state index contributed by atoms with van der Waals surface area (Å²) < 4.78 is 5.63. The molecule has 162 valence electrons. The quantitative estimate of drug-likeness (QED) is 0.624. The van der Waals surface area contributed by atoms with Crippen molar-refractivity contribution in [3.05, 3.63) is 77.9 Å². The van der Waals surface area contributed by atoms with Gasteiger partial charge in [0, 0.05) is 12.0 Å². The number of benzene rings is 3. The number of imide groups is 1. The van der Waals surface area contributed by atoms with E-state index in [9.17, 15) is 14.4 Å². The summed E-state index contributed by atoms with van der Waals surface area (Å²) in [7, 11) is 0. The van der Waals surface area contributed by atoms with Gasteiger partial charge in [-0.3, -0.25) is 14.5 Å². The van der Waals surface area contributed by atoms with Gasteiger partial charge in [0.05, 0.1) is 12.6 Å². The minimum absolute atomic E-state index is 0.222. The van der Waals surface area contributed by atoms with Crippen LogP contribution in [0.25, 0.3) is 10.8 Å². The highest BCUT2D eigenvalue weighted by molar-refractivity contribution is 6.09. The van der Waals surface area contributed by atoms with Crippen molar-refractivity contribution in [3.63, 3.8) is 0 Å². The zero-order chi connectivity index (χ0) is 22.3. The maximum atomic E-state index is 13.2. The molecule has 0 aromatic heterocycles.